The van der Waals surface area contributed by atoms with Gasteiger partial charge < -0.3 is 39.6 Å². The summed E-state index contributed by atoms with van der Waals surface area (Å²) in [5, 5.41) is 39.2. The third-order valence-corrected chi connectivity index (χ3v) is 3.03. The van der Waals surface area contributed by atoms with Crippen LogP contribution >= 0.6 is 0 Å². The van der Waals surface area contributed by atoms with E-state index in [1.54, 1.807) is 54.6 Å². The molecule has 0 unspecified atom stereocenters. The van der Waals surface area contributed by atoms with Crippen molar-refractivity contribution in [2.24, 2.45) is 0 Å². The van der Waals surface area contributed by atoms with Gasteiger partial charge in [-0.05, 0) is 23.6 Å². The van der Waals surface area contributed by atoms with Gasteiger partial charge in [0.05, 0.1) is 17.9 Å². The molecule has 4 radical (unpaired) electrons. The standard InChI is InChI=1S/3C7H6O2.C2H4O2.Pb/c3*8-7(9)6-4-2-1-3-5-6;1-2(3)4;/h3*1-5H,(H,8,9);1H3,(H,3,4);/p-4. The number of carboxylic acid groups (broad SMARTS) is 4. The topological polar surface area (TPSA) is 161 Å². The van der Waals surface area contributed by atoms with Gasteiger partial charge in [-0.3, -0.25) is 0 Å². The fraction of sp³-hybridized carbons (Fsp3) is 0.0435. The molecule has 0 bridgehead atoms. The van der Waals surface area contributed by atoms with Gasteiger partial charge in [0.1, 0.15) is 0 Å². The van der Waals surface area contributed by atoms with Gasteiger partial charge in [0, 0.05) is 33.3 Å². The molecule has 3 aromatic rings. The fourth-order valence-electron chi connectivity index (χ4n) is 1.72. The normalized spacial score (nSPS) is 8.28. The summed E-state index contributed by atoms with van der Waals surface area (Å²) in [5.74, 6) is -4.47. The number of carboxylic acids is 4. The second kappa shape index (κ2) is 18.2. The Bertz CT molecular complexity index is 824. The Hall–Kier alpha value is -3.54. The molecule has 0 aliphatic rings. The van der Waals surface area contributed by atoms with E-state index < -0.39 is 23.9 Å². The zero-order valence-electron chi connectivity index (χ0n) is 16.9. The predicted octanol–water partition coefficient (Wildman–Crippen LogP) is -1.47. The first-order valence-electron chi connectivity index (χ1n) is 8.62. The zero-order chi connectivity index (χ0) is 23.6. The summed E-state index contributed by atoms with van der Waals surface area (Å²) in [6, 6.07) is 24.2. The van der Waals surface area contributed by atoms with Crippen LogP contribution in [0.3, 0.4) is 0 Å². The molecule has 3 rings (SSSR count). The number of carbonyl (C=O) groups is 4. The van der Waals surface area contributed by atoms with Gasteiger partial charge >= 0.3 is 0 Å². The van der Waals surface area contributed by atoms with Crippen molar-refractivity contribution < 1.29 is 39.6 Å². The second-order valence-corrected chi connectivity index (χ2v) is 5.45. The van der Waals surface area contributed by atoms with E-state index in [-0.39, 0.29) is 44.0 Å². The van der Waals surface area contributed by atoms with E-state index in [1.807, 2.05) is 0 Å². The summed E-state index contributed by atoms with van der Waals surface area (Å²) in [6.45, 7) is 0.972. The number of aromatic carboxylic acids is 3. The van der Waals surface area contributed by atoms with Gasteiger partial charge in [-0.25, -0.2) is 0 Å². The van der Waals surface area contributed by atoms with Crippen LogP contribution in [0, 0.1) is 0 Å². The molecule has 0 atom stereocenters. The summed E-state index contributed by atoms with van der Waals surface area (Å²) >= 11 is 0. The molecule has 0 amide bonds. The Labute approximate surface area is 204 Å². The largest absolute Gasteiger partial charge is 0.550 e. The Balaban J connectivity index is 0. The van der Waals surface area contributed by atoms with E-state index in [4.69, 9.17) is 9.90 Å². The first kappa shape index (κ1) is 30.7. The number of carbonyl (C=O) groups excluding carboxylic acids is 4. The third-order valence-electron chi connectivity index (χ3n) is 3.03. The van der Waals surface area contributed by atoms with E-state index in [2.05, 4.69) is 0 Å². The summed E-state index contributed by atoms with van der Waals surface area (Å²) in [7, 11) is 0. The Morgan fingerprint density at radius 2 is 0.625 bits per heavy atom. The minimum Gasteiger partial charge on any atom is -0.550 e. The number of hydrogen-bond donors (Lipinski definition) is 0. The molecule has 0 N–H and O–H groups in total. The van der Waals surface area contributed by atoms with Crippen LogP contribution in [0.25, 0.3) is 0 Å². The first-order valence-corrected chi connectivity index (χ1v) is 8.62. The molecule has 0 fully saturated rings. The summed E-state index contributed by atoms with van der Waals surface area (Å²) in [6.07, 6.45) is 0. The van der Waals surface area contributed by atoms with Crippen LogP contribution in [0.1, 0.15) is 38.0 Å². The van der Waals surface area contributed by atoms with Crippen molar-refractivity contribution in [3.05, 3.63) is 108 Å². The Morgan fingerprint density at radius 1 is 0.469 bits per heavy atom. The number of benzene rings is 3. The molecule has 0 saturated heterocycles. The maximum atomic E-state index is 10.1. The average Bonchev–Trinajstić information content (AvgIpc) is 2.76. The van der Waals surface area contributed by atoms with Gasteiger partial charge in [0.25, 0.3) is 0 Å². The molecule has 8 nitrogen and oxygen atoms in total. The van der Waals surface area contributed by atoms with Crippen LogP contribution in [0.5, 0.6) is 0 Å². The number of hydrogen-bond acceptors (Lipinski definition) is 8. The zero-order valence-corrected chi connectivity index (χ0v) is 20.8. The van der Waals surface area contributed by atoms with Crippen molar-refractivity contribution in [2.45, 2.75) is 6.92 Å². The summed E-state index contributed by atoms with van der Waals surface area (Å²) < 4.78 is 0. The fourth-order valence-corrected chi connectivity index (χ4v) is 1.72. The van der Waals surface area contributed by atoms with Crippen LogP contribution < -0.4 is 20.4 Å². The summed E-state index contributed by atoms with van der Waals surface area (Å²) in [5.41, 5.74) is 0.660. The average molecular weight is 630 g/mol. The van der Waals surface area contributed by atoms with E-state index in [0.29, 0.717) is 0 Å². The Morgan fingerprint density at radius 3 is 0.719 bits per heavy atom. The van der Waals surface area contributed by atoms with Crippen LogP contribution in [0.15, 0.2) is 91.0 Å². The van der Waals surface area contributed by atoms with Crippen molar-refractivity contribution in [1.82, 2.24) is 0 Å². The number of aliphatic carboxylic acids is 1. The van der Waals surface area contributed by atoms with Crippen LogP contribution in [-0.4, -0.2) is 51.2 Å². The monoisotopic (exact) mass is 630 g/mol. The van der Waals surface area contributed by atoms with E-state index in [0.717, 1.165) is 6.92 Å². The van der Waals surface area contributed by atoms with Gasteiger partial charge in [-0.15, -0.1) is 0 Å². The van der Waals surface area contributed by atoms with Crippen molar-refractivity contribution in [1.29, 1.82) is 0 Å². The first-order chi connectivity index (χ1) is 14.6. The quantitative estimate of drug-likeness (QED) is 0.318. The van der Waals surface area contributed by atoms with Gasteiger partial charge in [0.15, 0.2) is 0 Å². The SMILES string of the molecule is CC(=O)[O-].O=C([O-])c1ccccc1.O=C([O-])c1ccccc1.O=C([O-])c1ccccc1.[Pb]. The molecule has 0 heterocycles. The van der Waals surface area contributed by atoms with Crippen molar-refractivity contribution in [3.8, 4) is 0 Å². The minimum atomic E-state index is -1.13. The molecule has 32 heavy (non-hydrogen) atoms. The predicted molar refractivity (Wildman–Crippen MR) is 109 cm³/mol. The molecule has 166 valence electrons. The van der Waals surface area contributed by atoms with Crippen molar-refractivity contribution in [2.75, 3.05) is 0 Å². The minimum absolute atomic E-state index is 0. The van der Waals surface area contributed by atoms with E-state index in [9.17, 15) is 29.7 Å². The molecule has 0 saturated carbocycles. The Kier molecular flexibility index (Phi) is 17.5. The molecule has 9 heteroatoms. The molecule has 0 aliphatic carbocycles. The molecule has 3 aromatic carbocycles. The molecular formula is C23H18O8Pb-4. The van der Waals surface area contributed by atoms with Gasteiger partial charge in [0.2, 0.25) is 0 Å². The van der Waals surface area contributed by atoms with E-state index >= 15 is 0 Å². The van der Waals surface area contributed by atoms with Gasteiger partial charge in [-0.1, -0.05) is 91.0 Å². The maximum absolute atomic E-state index is 10.1. The van der Waals surface area contributed by atoms with Crippen molar-refractivity contribution >= 4 is 51.2 Å². The third kappa shape index (κ3) is 16.3. The van der Waals surface area contributed by atoms with E-state index in [1.165, 1.54) is 36.4 Å². The van der Waals surface area contributed by atoms with Crippen molar-refractivity contribution in [3.63, 3.8) is 0 Å². The van der Waals surface area contributed by atoms with Crippen LogP contribution in [0.4, 0.5) is 0 Å². The molecular weight excluding hydrogens is 611 g/mol. The summed E-state index contributed by atoms with van der Waals surface area (Å²) in [4.78, 5) is 39.2. The molecule has 0 spiro atoms. The van der Waals surface area contributed by atoms with Crippen LogP contribution in [0.2, 0.25) is 0 Å². The smallest absolute Gasteiger partial charge is 0.0715 e. The van der Waals surface area contributed by atoms with Gasteiger partial charge in [-0.2, -0.15) is 0 Å². The second-order valence-electron chi connectivity index (χ2n) is 5.45. The molecule has 0 aromatic heterocycles. The molecule has 0 aliphatic heterocycles. The van der Waals surface area contributed by atoms with Crippen LogP contribution in [-0.2, 0) is 4.79 Å². The number of rotatable bonds is 3. The maximum Gasteiger partial charge on any atom is 0.0715 e.